The van der Waals surface area contributed by atoms with Crippen molar-refractivity contribution >= 4 is 23.4 Å². The second-order valence-electron chi connectivity index (χ2n) is 6.78. The summed E-state index contributed by atoms with van der Waals surface area (Å²) in [6.45, 7) is 9.15. The van der Waals surface area contributed by atoms with Crippen molar-refractivity contribution in [1.82, 2.24) is 14.8 Å². The predicted octanol–water partition coefficient (Wildman–Crippen LogP) is 4.53. The zero-order valence-corrected chi connectivity index (χ0v) is 18.0. The van der Waals surface area contributed by atoms with Crippen LogP contribution in [0.2, 0.25) is 0 Å². The molecule has 0 saturated heterocycles. The van der Waals surface area contributed by atoms with E-state index in [2.05, 4.69) is 28.5 Å². The van der Waals surface area contributed by atoms with Gasteiger partial charge in [0.2, 0.25) is 5.91 Å². The van der Waals surface area contributed by atoms with Crippen LogP contribution in [0.4, 0.5) is 5.69 Å². The second kappa shape index (κ2) is 9.60. The molecule has 0 aliphatic rings. The summed E-state index contributed by atoms with van der Waals surface area (Å²) in [5, 5.41) is 12.2. The van der Waals surface area contributed by atoms with Gasteiger partial charge in [-0.25, -0.2) is 0 Å². The Morgan fingerprint density at radius 2 is 1.83 bits per heavy atom. The number of hydrogen-bond acceptors (Lipinski definition) is 5. The third kappa shape index (κ3) is 5.17. The molecule has 1 heterocycles. The number of carbonyl (C=O) groups excluding carboxylic acids is 1. The van der Waals surface area contributed by atoms with Gasteiger partial charge >= 0.3 is 0 Å². The summed E-state index contributed by atoms with van der Waals surface area (Å²) in [6.07, 6.45) is 0. The Kier molecular flexibility index (Phi) is 6.93. The number of ether oxygens (including phenoxy) is 1. The van der Waals surface area contributed by atoms with E-state index in [9.17, 15) is 4.79 Å². The molecule has 0 aliphatic heterocycles. The monoisotopic (exact) mass is 410 g/mol. The zero-order valence-electron chi connectivity index (χ0n) is 17.2. The predicted molar refractivity (Wildman–Crippen MR) is 116 cm³/mol. The summed E-state index contributed by atoms with van der Waals surface area (Å²) in [5.74, 6) is 1.80. The average molecular weight is 411 g/mol. The van der Waals surface area contributed by atoms with Gasteiger partial charge in [0.25, 0.3) is 0 Å². The number of aromatic nitrogens is 3. The van der Waals surface area contributed by atoms with Crippen LogP contribution < -0.4 is 10.1 Å². The lowest BCUT2D eigenvalue weighted by Crippen LogP contribution is -2.15. The van der Waals surface area contributed by atoms with Crippen molar-refractivity contribution in [2.24, 2.45) is 0 Å². The van der Waals surface area contributed by atoms with Crippen LogP contribution in [-0.2, 0) is 17.9 Å². The van der Waals surface area contributed by atoms with E-state index in [1.54, 1.807) is 0 Å². The first-order valence-electron chi connectivity index (χ1n) is 9.59. The molecular formula is C22H26N4O2S. The highest BCUT2D eigenvalue weighted by Crippen LogP contribution is 2.23. The topological polar surface area (TPSA) is 69.0 Å². The highest BCUT2D eigenvalue weighted by molar-refractivity contribution is 7.99. The minimum atomic E-state index is -0.0665. The Morgan fingerprint density at radius 3 is 2.59 bits per heavy atom. The zero-order chi connectivity index (χ0) is 20.8. The number of anilines is 1. The first-order valence-corrected chi connectivity index (χ1v) is 10.6. The first-order chi connectivity index (χ1) is 14.0. The van der Waals surface area contributed by atoms with E-state index < -0.39 is 0 Å². The van der Waals surface area contributed by atoms with Crippen LogP contribution in [0.25, 0.3) is 0 Å². The van der Waals surface area contributed by atoms with Gasteiger partial charge in [-0.1, -0.05) is 42.1 Å². The third-order valence-corrected chi connectivity index (χ3v) is 5.74. The van der Waals surface area contributed by atoms with Gasteiger partial charge in [0.05, 0.1) is 5.75 Å². The van der Waals surface area contributed by atoms with Gasteiger partial charge in [-0.3, -0.25) is 4.79 Å². The van der Waals surface area contributed by atoms with Crippen molar-refractivity contribution in [2.45, 2.75) is 46.0 Å². The van der Waals surface area contributed by atoms with Crippen molar-refractivity contribution in [1.29, 1.82) is 0 Å². The Morgan fingerprint density at radius 1 is 1.07 bits per heavy atom. The number of amides is 1. The van der Waals surface area contributed by atoms with Gasteiger partial charge < -0.3 is 14.6 Å². The quantitative estimate of drug-likeness (QED) is 0.553. The molecule has 6 nitrogen and oxygen atoms in total. The summed E-state index contributed by atoms with van der Waals surface area (Å²) in [4.78, 5) is 12.3. The van der Waals surface area contributed by atoms with Crippen molar-refractivity contribution in [3.05, 3.63) is 65.0 Å². The van der Waals surface area contributed by atoms with Crippen molar-refractivity contribution < 1.29 is 9.53 Å². The lowest BCUT2D eigenvalue weighted by atomic mass is 10.1. The fraction of sp³-hybridized carbons (Fsp3) is 0.318. The normalized spacial score (nSPS) is 10.8. The van der Waals surface area contributed by atoms with Crippen LogP contribution in [0.15, 0.2) is 47.6 Å². The summed E-state index contributed by atoms with van der Waals surface area (Å²) in [5.41, 5.74) is 4.18. The van der Waals surface area contributed by atoms with Crippen LogP contribution in [0.3, 0.4) is 0 Å². The summed E-state index contributed by atoms with van der Waals surface area (Å²) < 4.78 is 7.95. The highest BCUT2D eigenvalue weighted by Gasteiger charge is 2.14. The van der Waals surface area contributed by atoms with E-state index in [4.69, 9.17) is 4.74 Å². The number of hydrogen-bond donors (Lipinski definition) is 1. The third-order valence-electron chi connectivity index (χ3n) is 4.77. The Balaban J connectivity index is 1.61. The SMILES string of the molecule is CCn1c(COc2cccc(C)c2C)nnc1SCC(=O)Nc1ccccc1C. The number of thioether (sulfide) groups is 1. The minimum Gasteiger partial charge on any atom is -0.485 e. The smallest absolute Gasteiger partial charge is 0.234 e. The van der Waals surface area contributed by atoms with E-state index in [1.165, 1.54) is 17.3 Å². The molecule has 7 heteroatoms. The lowest BCUT2D eigenvalue weighted by Gasteiger charge is -2.12. The molecule has 0 atom stereocenters. The molecular weight excluding hydrogens is 384 g/mol. The Bertz CT molecular complexity index is 1000. The molecule has 3 aromatic rings. The molecule has 3 rings (SSSR count). The molecule has 0 bridgehead atoms. The maximum Gasteiger partial charge on any atom is 0.234 e. The summed E-state index contributed by atoms with van der Waals surface area (Å²) in [7, 11) is 0. The van der Waals surface area contributed by atoms with Gasteiger partial charge in [-0.2, -0.15) is 0 Å². The Hall–Kier alpha value is -2.80. The lowest BCUT2D eigenvalue weighted by molar-refractivity contribution is -0.113. The number of carbonyl (C=O) groups is 1. The minimum absolute atomic E-state index is 0.0665. The van der Waals surface area contributed by atoms with Crippen molar-refractivity contribution in [3.63, 3.8) is 0 Å². The van der Waals surface area contributed by atoms with Gasteiger partial charge in [0.1, 0.15) is 12.4 Å². The van der Waals surface area contributed by atoms with Gasteiger partial charge in [-0.15, -0.1) is 10.2 Å². The van der Waals surface area contributed by atoms with Crippen LogP contribution in [0.5, 0.6) is 5.75 Å². The molecule has 0 fully saturated rings. The molecule has 1 amide bonds. The molecule has 1 N–H and O–H groups in total. The van der Waals surface area contributed by atoms with Crippen LogP contribution in [-0.4, -0.2) is 26.4 Å². The fourth-order valence-corrected chi connectivity index (χ4v) is 3.72. The van der Waals surface area contributed by atoms with E-state index in [0.29, 0.717) is 18.3 Å². The molecule has 0 radical (unpaired) electrons. The molecule has 2 aromatic carbocycles. The number of benzene rings is 2. The summed E-state index contributed by atoms with van der Waals surface area (Å²) >= 11 is 1.37. The largest absolute Gasteiger partial charge is 0.485 e. The van der Waals surface area contributed by atoms with Crippen LogP contribution in [0.1, 0.15) is 29.4 Å². The van der Waals surface area contributed by atoms with E-state index in [0.717, 1.165) is 28.4 Å². The maximum absolute atomic E-state index is 12.3. The van der Waals surface area contributed by atoms with Gasteiger partial charge in [-0.05, 0) is 56.5 Å². The number of para-hydroxylation sites is 1. The fourth-order valence-electron chi connectivity index (χ4n) is 2.90. The molecule has 0 saturated carbocycles. The standard InChI is InChI=1S/C22H26N4O2S/c1-5-26-20(13-28-19-12-8-10-15(2)17(19)4)24-25-22(26)29-14-21(27)23-18-11-7-6-9-16(18)3/h6-12H,5,13-14H2,1-4H3,(H,23,27). The van der Waals surface area contributed by atoms with Gasteiger partial charge in [0, 0.05) is 12.2 Å². The molecule has 0 aliphatic carbocycles. The highest BCUT2D eigenvalue weighted by atomic mass is 32.2. The molecule has 29 heavy (non-hydrogen) atoms. The van der Waals surface area contributed by atoms with Crippen LogP contribution >= 0.6 is 11.8 Å². The molecule has 0 unspecified atom stereocenters. The van der Waals surface area contributed by atoms with Crippen molar-refractivity contribution in [3.8, 4) is 5.75 Å². The molecule has 0 spiro atoms. The Labute approximate surface area is 175 Å². The van der Waals surface area contributed by atoms with E-state index in [-0.39, 0.29) is 11.7 Å². The van der Waals surface area contributed by atoms with E-state index >= 15 is 0 Å². The number of nitrogens with zero attached hydrogens (tertiary/aromatic N) is 3. The number of aryl methyl sites for hydroxylation is 2. The first kappa shape index (κ1) is 20.9. The molecule has 152 valence electrons. The number of rotatable bonds is 8. The summed E-state index contributed by atoms with van der Waals surface area (Å²) in [6, 6.07) is 13.7. The second-order valence-corrected chi connectivity index (χ2v) is 7.72. The number of nitrogens with one attached hydrogen (secondary N) is 1. The van der Waals surface area contributed by atoms with Crippen molar-refractivity contribution in [2.75, 3.05) is 11.1 Å². The maximum atomic E-state index is 12.3. The average Bonchev–Trinajstić information content (AvgIpc) is 3.11. The van der Waals surface area contributed by atoms with Crippen LogP contribution in [0, 0.1) is 20.8 Å². The van der Waals surface area contributed by atoms with E-state index in [1.807, 2.05) is 61.7 Å². The van der Waals surface area contributed by atoms with Gasteiger partial charge in [0.15, 0.2) is 11.0 Å². The molecule has 1 aromatic heterocycles.